The molecule has 0 unspecified atom stereocenters. The van der Waals surface area contributed by atoms with Gasteiger partial charge in [0.05, 0.1) is 16.4 Å². The Labute approximate surface area is 103 Å². The van der Waals surface area contributed by atoms with Crippen molar-refractivity contribution in [3.8, 4) is 17.6 Å². The molecule has 0 aromatic heterocycles. The molecule has 1 aliphatic carbocycles. The number of hydrogen-bond donors (Lipinski definition) is 0. The number of ether oxygens (including phenoxy) is 2. The van der Waals surface area contributed by atoms with E-state index < -0.39 is 10.3 Å². The molecule has 2 aliphatic rings. The van der Waals surface area contributed by atoms with Gasteiger partial charge in [0, 0.05) is 6.07 Å². The summed E-state index contributed by atoms with van der Waals surface area (Å²) in [5.74, 6) is 0.525. The van der Waals surface area contributed by atoms with Crippen LogP contribution in [0.2, 0.25) is 0 Å². The van der Waals surface area contributed by atoms with E-state index in [2.05, 4.69) is 6.07 Å². The molecule has 1 aromatic carbocycles. The smallest absolute Gasteiger partial charge is 0.315 e. The molecule has 1 heterocycles. The van der Waals surface area contributed by atoms with Crippen molar-refractivity contribution in [1.29, 1.82) is 5.26 Å². The third-order valence-electron chi connectivity index (χ3n) is 3.62. The fraction of sp³-hybridized carbons (Fsp3) is 0.417. The maximum atomic E-state index is 11.0. The summed E-state index contributed by atoms with van der Waals surface area (Å²) >= 11 is 0. The molecule has 1 aliphatic heterocycles. The van der Waals surface area contributed by atoms with E-state index in [-0.39, 0.29) is 18.2 Å². The van der Waals surface area contributed by atoms with Crippen molar-refractivity contribution in [2.45, 2.75) is 24.7 Å². The average molecular weight is 246 g/mol. The van der Waals surface area contributed by atoms with E-state index in [4.69, 9.17) is 9.47 Å². The number of rotatable bonds is 2. The number of nitro benzene ring substituents is 1. The highest BCUT2D eigenvalue weighted by Crippen LogP contribution is 2.49. The second-order valence-corrected chi connectivity index (χ2v) is 4.53. The maximum Gasteiger partial charge on any atom is 0.315 e. The Morgan fingerprint density at radius 1 is 1.39 bits per heavy atom. The minimum Gasteiger partial charge on any atom is -0.453 e. The molecule has 0 N–H and O–H groups in total. The summed E-state index contributed by atoms with van der Waals surface area (Å²) in [5, 5.41) is 20.3. The Morgan fingerprint density at radius 2 is 2.17 bits per heavy atom. The summed E-state index contributed by atoms with van der Waals surface area (Å²) in [7, 11) is 0. The molecule has 6 heteroatoms. The zero-order valence-corrected chi connectivity index (χ0v) is 9.51. The third-order valence-corrected chi connectivity index (χ3v) is 3.62. The van der Waals surface area contributed by atoms with E-state index in [1.165, 1.54) is 6.07 Å². The van der Waals surface area contributed by atoms with Crippen molar-refractivity contribution in [1.82, 2.24) is 0 Å². The standard InChI is InChI=1S/C12H10N2O4/c13-6-12(2-1-3-12)8-4-9(14(15)16)11-10(5-8)17-7-18-11/h4-5H,1-3,7H2. The number of nitriles is 1. The predicted octanol–water partition coefficient (Wildman–Crippen LogP) is 2.27. The lowest BCUT2D eigenvalue weighted by Crippen LogP contribution is -2.32. The first kappa shape index (κ1) is 10.8. The summed E-state index contributed by atoms with van der Waals surface area (Å²) in [5.41, 5.74) is -0.0557. The van der Waals surface area contributed by atoms with Gasteiger partial charge in [-0.2, -0.15) is 5.26 Å². The van der Waals surface area contributed by atoms with E-state index in [1.807, 2.05) is 0 Å². The summed E-state index contributed by atoms with van der Waals surface area (Å²) in [4.78, 5) is 10.5. The van der Waals surface area contributed by atoms with Crippen molar-refractivity contribution >= 4 is 5.69 Å². The lowest BCUT2D eigenvalue weighted by Gasteiger charge is -2.35. The zero-order chi connectivity index (χ0) is 12.8. The highest BCUT2D eigenvalue weighted by molar-refractivity contribution is 5.61. The van der Waals surface area contributed by atoms with Crippen molar-refractivity contribution < 1.29 is 14.4 Å². The highest BCUT2D eigenvalue weighted by Gasteiger charge is 2.41. The van der Waals surface area contributed by atoms with Crippen LogP contribution in [0.15, 0.2) is 12.1 Å². The third kappa shape index (κ3) is 1.34. The zero-order valence-electron chi connectivity index (χ0n) is 9.51. The van der Waals surface area contributed by atoms with Gasteiger partial charge in [-0.1, -0.05) is 0 Å². The number of hydrogen-bond acceptors (Lipinski definition) is 5. The molecule has 0 spiro atoms. The Bertz CT molecular complexity index is 572. The normalized spacial score (nSPS) is 18.8. The van der Waals surface area contributed by atoms with Gasteiger partial charge < -0.3 is 9.47 Å². The van der Waals surface area contributed by atoms with E-state index in [0.29, 0.717) is 11.3 Å². The van der Waals surface area contributed by atoms with Crippen molar-refractivity contribution in [2.75, 3.05) is 6.79 Å². The molecule has 0 amide bonds. The number of nitro groups is 1. The van der Waals surface area contributed by atoms with Crippen LogP contribution in [-0.4, -0.2) is 11.7 Å². The molecule has 0 atom stereocenters. The van der Waals surface area contributed by atoms with E-state index in [1.54, 1.807) is 6.07 Å². The molecule has 6 nitrogen and oxygen atoms in total. The maximum absolute atomic E-state index is 11.0. The van der Waals surface area contributed by atoms with Gasteiger partial charge in [-0.25, -0.2) is 0 Å². The molecular weight excluding hydrogens is 236 g/mol. The number of fused-ring (bicyclic) bond motifs is 1. The minimum absolute atomic E-state index is 0.0147. The van der Waals surface area contributed by atoms with Gasteiger partial charge in [-0.3, -0.25) is 10.1 Å². The average Bonchev–Trinajstić information content (AvgIpc) is 2.75. The van der Waals surface area contributed by atoms with Gasteiger partial charge in [0.25, 0.3) is 0 Å². The summed E-state index contributed by atoms with van der Waals surface area (Å²) in [6.45, 7) is -0.0147. The number of nitrogens with zero attached hydrogens (tertiary/aromatic N) is 2. The van der Waals surface area contributed by atoms with Gasteiger partial charge in [-0.05, 0) is 30.9 Å². The largest absolute Gasteiger partial charge is 0.453 e. The monoisotopic (exact) mass is 246 g/mol. The summed E-state index contributed by atoms with van der Waals surface area (Å²) in [6.07, 6.45) is 2.44. The van der Waals surface area contributed by atoms with Gasteiger partial charge in [-0.15, -0.1) is 0 Å². The van der Waals surface area contributed by atoms with Crippen molar-refractivity contribution in [2.24, 2.45) is 0 Å². The predicted molar refractivity (Wildman–Crippen MR) is 60.4 cm³/mol. The van der Waals surface area contributed by atoms with Crippen molar-refractivity contribution in [3.63, 3.8) is 0 Å². The molecule has 1 fully saturated rings. The second kappa shape index (κ2) is 3.60. The SMILES string of the molecule is N#CC1(c2cc3c(c([N+](=O)[O-])c2)OCO3)CCC1. The summed E-state index contributed by atoms with van der Waals surface area (Å²) in [6, 6.07) is 5.40. The van der Waals surface area contributed by atoms with Crippen LogP contribution in [0.25, 0.3) is 0 Å². The van der Waals surface area contributed by atoms with Gasteiger partial charge in [0.1, 0.15) is 0 Å². The fourth-order valence-corrected chi connectivity index (χ4v) is 2.40. The van der Waals surface area contributed by atoms with Gasteiger partial charge in [0.2, 0.25) is 12.5 Å². The lowest BCUT2D eigenvalue weighted by atomic mass is 9.65. The van der Waals surface area contributed by atoms with Gasteiger partial charge >= 0.3 is 5.69 Å². The quantitative estimate of drug-likeness (QED) is 0.590. The van der Waals surface area contributed by atoms with Crippen LogP contribution in [0.5, 0.6) is 11.5 Å². The molecular formula is C12H10N2O4. The molecule has 1 aromatic rings. The Kier molecular flexibility index (Phi) is 2.17. The van der Waals surface area contributed by atoms with Crippen molar-refractivity contribution in [3.05, 3.63) is 27.8 Å². The van der Waals surface area contributed by atoms with Crippen LogP contribution in [0.1, 0.15) is 24.8 Å². The van der Waals surface area contributed by atoms with E-state index in [9.17, 15) is 15.4 Å². The Morgan fingerprint density at radius 3 is 2.72 bits per heavy atom. The molecule has 3 rings (SSSR count). The van der Waals surface area contributed by atoms with Crippen LogP contribution in [0.3, 0.4) is 0 Å². The highest BCUT2D eigenvalue weighted by atomic mass is 16.7. The van der Waals surface area contributed by atoms with Crippen LogP contribution < -0.4 is 9.47 Å². The Balaban J connectivity index is 2.15. The first-order valence-corrected chi connectivity index (χ1v) is 5.66. The first-order chi connectivity index (χ1) is 8.66. The minimum atomic E-state index is -0.592. The Hall–Kier alpha value is -2.29. The fourth-order valence-electron chi connectivity index (χ4n) is 2.40. The molecule has 18 heavy (non-hydrogen) atoms. The molecule has 0 radical (unpaired) electrons. The first-order valence-electron chi connectivity index (χ1n) is 5.66. The van der Waals surface area contributed by atoms with Crippen LogP contribution in [-0.2, 0) is 5.41 Å². The topological polar surface area (TPSA) is 85.4 Å². The molecule has 0 bridgehead atoms. The lowest BCUT2D eigenvalue weighted by molar-refractivity contribution is -0.385. The van der Waals surface area contributed by atoms with Crippen LogP contribution in [0, 0.1) is 21.4 Å². The number of benzene rings is 1. The van der Waals surface area contributed by atoms with Crippen LogP contribution >= 0.6 is 0 Å². The van der Waals surface area contributed by atoms with Gasteiger partial charge in [0.15, 0.2) is 5.75 Å². The van der Waals surface area contributed by atoms with Crippen LogP contribution in [0.4, 0.5) is 5.69 Å². The molecule has 92 valence electrons. The van der Waals surface area contributed by atoms with E-state index in [0.717, 1.165) is 19.3 Å². The molecule has 0 saturated heterocycles. The molecule has 1 saturated carbocycles. The second-order valence-electron chi connectivity index (χ2n) is 4.53. The van der Waals surface area contributed by atoms with E-state index >= 15 is 0 Å². The summed E-state index contributed by atoms with van der Waals surface area (Å²) < 4.78 is 10.3.